The summed E-state index contributed by atoms with van der Waals surface area (Å²) in [7, 11) is 1.69. The van der Waals surface area contributed by atoms with Crippen LogP contribution in [0.15, 0.2) is 23.2 Å². The summed E-state index contributed by atoms with van der Waals surface area (Å²) < 4.78 is 17.2. The number of ether oxygens (including phenoxy) is 3. The monoisotopic (exact) mass is 505 g/mol. The lowest BCUT2D eigenvalue weighted by Gasteiger charge is -2.19. The van der Waals surface area contributed by atoms with Crippen molar-refractivity contribution in [2.75, 3.05) is 33.4 Å². The van der Waals surface area contributed by atoms with Gasteiger partial charge in [-0.3, -0.25) is 0 Å². The summed E-state index contributed by atoms with van der Waals surface area (Å²) in [6.07, 6.45) is 5.95. The van der Waals surface area contributed by atoms with Gasteiger partial charge in [-0.1, -0.05) is 12.1 Å². The minimum atomic E-state index is 0. The van der Waals surface area contributed by atoms with Gasteiger partial charge in [0.25, 0.3) is 0 Å². The first-order valence-corrected chi connectivity index (χ1v) is 10.2. The number of rotatable bonds is 11. The van der Waals surface area contributed by atoms with Crippen molar-refractivity contribution in [2.24, 2.45) is 4.99 Å². The third-order valence-electron chi connectivity index (χ3n) is 4.58. The zero-order chi connectivity index (χ0) is 19.3. The van der Waals surface area contributed by atoms with Gasteiger partial charge in [-0.2, -0.15) is 0 Å². The number of halogens is 1. The summed E-state index contributed by atoms with van der Waals surface area (Å²) in [6, 6.07) is 6.01. The summed E-state index contributed by atoms with van der Waals surface area (Å²) in [5.41, 5.74) is 1.05. The molecule has 7 heteroatoms. The van der Waals surface area contributed by atoms with Crippen LogP contribution in [0.1, 0.15) is 51.5 Å². The third-order valence-corrected chi connectivity index (χ3v) is 4.58. The molecule has 2 rings (SSSR count). The normalized spacial score (nSPS) is 14.5. The lowest BCUT2D eigenvalue weighted by Crippen LogP contribution is -2.38. The number of aliphatic imine (C=N–C) groups is 1. The van der Waals surface area contributed by atoms with E-state index >= 15 is 0 Å². The van der Waals surface area contributed by atoms with Crippen LogP contribution in [-0.2, 0) is 11.3 Å². The van der Waals surface area contributed by atoms with Crippen LogP contribution in [-0.4, -0.2) is 45.5 Å². The standard InChI is InChI=1S/C21H35N3O3.HI/c1-4-22-21(23-14-9-15-26-5-2)24-16-17-10-8-13-19(25-3)20(17)27-18-11-6-7-12-18;/h8,10,13,18H,4-7,9,11-12,14-16H2,1-3H3,(H2,22,23,24);1H. The molecule has 1 aromatic rings. The van der Waals surface area contributed by atoms with Crippen LogP contribution in [0.25, 0.3) is 0 Å². The fraction of sp³-hybridized carbons (Fsp3) is 0.667. The van der Waals surface area contributed by atoms with E-state index in [9.17, 15) is 0 Å². The van der Waals surface area contributed by atoms with Gasteiger partial charge < -0.3 is 24.8 Å². The maximum atomic E-state index is 6.29. The number of guanidine groups is 1. The number of nitrogens with one attached hydrogen (secondary N) is 2. The Balaban J connectivity index is 0.00000392. The fourth-order valence-electron chi connectivity index (χ4n) is 3.18. The van der Waals surface area contributed by atoms with Gasteiger partial charge in [0, 0.05) is 31.9 Å². The molecule has 1 saturated carbocycles. The molecule has 6 nitrogen and oxygen atoms in total. The number of methoxy groups -OCH3 is 1. The largest absolute Gasteiger partial charge is 0.493 e. The van der Waals surface area contributed by atoms with E-state index in [4.69, 9.17) is 19.2 Å². The molecule has 1 aliphatic rings. The highest BCUT2D eigenvalue weighted by molar-refractivity contribution is 14.0. The van der Waals surface area contributed by atoms with E-state index in [-0.39, 0.29) is 30.1 Å². The van der Waals surface area contributed by atoms with Gasteiger partial charge in [-0.25, -0.2) is 4.99 Å². The number of para-hydroxylation sites is 1. The Hall–Kier alpha value is -1.22. The first-order valence-electron chi connectivity index (χ1n) is 10.2. The second kappa shape index (κ2) is 14.7. The Morgan fingerprint density at radius 1 is 1.18 bits per heavy atom. The molecule has 0 radical (unpaired) electrons. The van der Waals surface area contributed by atoms with Gasteiger partial charge in [-0.15, -0.1) is 24.0 Å². The number of hydrogen-bond acceptors (Lipinski definition) is 4. The summed E-state index contributed by atoms with van der Waals surface area (Å²) in [6.45, 7) is 7.79. The lowest BCUT2D eigenvalue weighted by molar-refractivity contribution is 0.145. The van der Waals surface area contributed by atoms with Gasteiger partial charge in [0.1, 0.15) is 0 Å². The molecule has 2 N–H and O–H groups in total. The zero-order valence-corrected chi connectivity index (χ0v) is 19.8. The molecule has 0 aromatic heterocycles. The van der Waals surface area contributed by atoms with Gasteiger partial charge in [0.2, 0.25) is 0 Å². The maximum Gasteiger partial charge on any atom is 0.191 e. The molecule has 0 saturated heterocycles. The molecule has 0 heterocycles. The van der Waals surface area contributed by atoms with E-state index in [0.29, 0.717) is 6.54 Å². The Kier molecular flexibility index (Phi) is 13.1. The van der Waals surface area contributed by atoms with E-state index in [1.54, 1.807) is 7.11 Å². The van der Waals surface area contributed by atoms with E-state index in [0.717, 1.165) is 68.6 Å². The van der Waals surface area contributed by atoms with Crippen LogP contribution >= 0.6 is 24.0 Å². The zero-order valence-electron chi connectivity index (χ0n) is 17.5. The van der Waals surface area contributed by atoms with Crippen molar-refractivity contribution in [3.63, 3.8) is 0 Å². The molecule has 1 aromatic carbocycles. The van der Waals surface area contributed by atoms with E-state index in [1.165, 1.54) is 12.8 Å². The molecule has 0 unspecified atom stereocenters. The Morgan fingerprint density at radius 3 is 2.64 bits per heavy atom. The van der Waals surface area contributed by atoms with Crippen molar-refractivity contribution >= 4 is 29.9 Å². The van der Waals surface area contributed by atoms with Crippen molar-refractivity contribution < 1.29 is 14.2 Å². The predicted molar refractivity (Wildman–Crippen MR) is 125 cm³/mol. The maximum absolute atomic E-state index is 6.29. The summed E-state index contributed by atoms with van der Waals surface area (Å²) in [5, 5.41) is 6.65. The molecule has 160 valence electrons. The summed E-state index contributed by atoms with van der Waals surface area (Å²) in [5.74, 6) is 2.43. The summed E-state index contributed by atoms with van der Waals surface area (Å²) >= 11 is 0. The Morgan fingerprint density at radius 2 is 1.96 bits per heavy atom. The topological polar surface area (TPSA) is 64.1 Å². The number of hydrogen-bond donors (Lipinski definition) is 2. The van der Waals surface area contributed by atoms with Gasteiger partial charge in [0.15, 0.2) is 17.5 Å². The lowest BCUT2D eigenvalue weighted by atomic mass is 10.1. The SMILES string of the molecule is CCNC(=NCc1cccc(OC)c1OC1CCCC1)NCCCOCC.I. The Bertz CT molecular complexity index is 578. The first kappa shape index (κ1) is 24.8. The average Bonchev–Trinajstić information content (AvgIpc) is 3.19. The van der Waals surface area contributed by atoms with Crippen LogP contribution in [0.4, 0.5) is 0 Å². The number of benzene rings is 1. The van der Waals surface area contributed by atoms with Crippen molar-refractivity contribution in [3.05, 3.63) is 23.8 Å². The van der Waals surface area contributed by atoms with Crippen molar-refractivity contribution in [1.29, 1.82) is 0 Å². The van der Waals surface area contributed by atoms with Crippen molar-refractivity contribution in [1.82, 2.24) is 10.6 Å². The summed E-state index contributed by atoms with van der Waals surface area (Å²) in [4.78, 5) is 4.73. The van der Waals surface area contributed by atoms with Crippen LogP contribution in [0, 0.1) is 0 Å². The fourth-order valence-corrected chi connectivity index (χ4v) is 3.18. The van der Waals surface area contributed by atoms with Gasteiger partial charge in [-0.05, 0) is 52.0 Å². The molecule has 1 fully saturated rings. The van der Waals surface area contributed by atoms with Gasteiger partial charge in [0.05, 0.1) is 19.8 Å². The average molecular weight is 505 g/mol. The second-order valence-electron chi connectivity index (χ2n) is 6.65. The van der Waals surface area contributed by atoms with Gasteiger partial charge >= 0.3 is 0 Å². The Labute approximate surface area is 186 Å². The number of nitrogens with zero attached hydrogens (tertiary/aromatic N) is 1. The highest BCUT2D eigenvalue weighted by Gasteiger charge is 2.20. The molecule has 0 atom stereocenters. The van der Waals surface area contributed by atoms with Crippen LogP contribution in [0.3, 0.4) is 0 Å². The second-order valence-corrected chi connectivity index (χ2v) is 6.65. The molecule has 0 spiro atoms. The van der Waals surface area contributed by atoms with Crippen LogP contribution in [0.5, 0.6) is 11.5 Å². The van der Waals surface area contributed by atoms with Crippen molar-refractivity contribution in [2.45, 2.75) is 58.6 Å². The quantitative estimate of drug-likeness (QED) is 0.205. The molecule has 0 amide bonds. The minimum Gasteiger partial charge on any atom is -0.493 e. The molecular weight excluding hydrogens is 469 g/mol. The van der Waals surface area contributed by atoms with Crippen LogP contribution in [0.2, 0.25) is 0 Å². The predicted octanol–water partition coefficient (Wildman–Crippen LogP) is 4.12. The smallest absolute Gasteiger partial charge is 0.191 e. The third kappa shape index (κ3) is 8.43. The molecule has 0 bridgehead atoms. The molecule has 28 heavy (non-hydrogen) atoms. The van der Waals surface area contributed by atoms with E-state index in [2.05, 4.69) is 23.6 Å². The van der Waals surface area contributed by atoms with E-state index in [1.807, 2.05) is 19.1 Å². The van der Waals surface area contributed by atoms with Crippen molar-refractivity contribution in [3.8, 4) is 11.5 Å². The highest BCUT2D eigenvalue weighted by Crippen LogP contribution is 2.35. The van der Waals surface area contributed by atoms with Crippen LogP contribution < -0.4 is 20.1 Å². The van der Waals surface area contributed by atoms with E-state index < -0.39 is 0 Å². The highest BCUT2D eigenvalue weighted by atomic mass is 127. The minimum absolute atomic E-state index is 0. The molecule has 1 aliphatic carbocycles. The molecule has 0 aliphatic heterocycles. The molecular formula is C21H36IN3O3. The first-order chi connectivity index (χ1) is 13.3.